The Labute approximate surface area is 110 Å². The van der Waals surface area contributed by atoms with E-state index in [1.165, 1.54) is 12.1 Å². The van der Waals surface area contributed by atoms with Gasteiger partial charge in [0.05, 0.1) is 11.6 Å². The summed E-state index contributed by atoms with van der Waals surface area (Å²) in [5.74, 6) is 0. The van der Waals surface area contributed by atoms with Gasteiger partial charge in [0.25, 0.3) is 0 Å². The van der Waals surface area contributed by atoms with Gasteiger partial charge in [-0.05, 0) is 31.5 Å². The number of carbonyl (C=O) groups excluding carboxylic acids is 1. The molecule has 0 saturated heterocycles. The maximum atomic E-state index is 11.2. The number of amides is 1. The number of ether oxygens (including phenoxy) is 1. The van der Waals surface area contributed by atoms with Gasteiger partial charge in [0.1, 0.15) is 4.90 Å². The standard InChI is InChI=1S/C10H13ClN2O4S/c1-3-17-10(14)13-8-5-7(11)9(4-6(8)2)18(12,15)16/h4-5H,3H2,1-2H3,(H,13,14)(H2,12,15,16). The van der Waals surface area contributed by atoms with Crippen molar-refractivity contribution in [2.45, 2.75) is 18.7 Å². The van der Waals surface area contributed by atoms with Gasteiger partial charge < -0.3 is 4.74 Å². The van der Waals surface area contributed by atoms with E-state index >= 15 is 0 Å². The van der Waals surface area contributed by atoms with E-state index in [1.807, 2.05) is 0 Å². The molecule has 0 fully saturated rings. The molecule has 1 aromatic carbocycles. The van der Waals surface area contributed by atoms with Crippen molar-refractivity contribution < 1.29 is 17.9 Å². The predicted octanol–water partition coefficient (Wildman–Crippen LogP) is 1.86. The maximum Gasteiger partial charge on any atom is 0.411 e. The first-order valence-corrected chi connectivity index (χ1v) is 6.95. The number of carbonyl (C=O) groups is 1. The van der Waals surface area contributed by atoms with E-state index in [9.17, 15) is 13.2 Å². The lowest BCUT2D eigenvalue weighted by molar-refractivity contribution is 0.168. The second-order valence-electron chi connectivity index (χ2n) is 3.49. The Hall–Kier alpha value is -1.31. The van der Waals surface area contributed by atoms with Crippen LogP contribution in [-0.4, -0.2) is 21.1 Å². The Morgan fingerprint density at radius 2 is 2.11 bits per heavy atom. The highest BCUT2D eigenvalue weighted by atomic mass is 35.5. The molecule has 0 unspecified atom stereocenters. The fraction of sp³-hybridized carbons (Fsp3) is 0.300. The minimum Gasteiger partial charge on any atom is -0.450 e. The zero-order valence-corrected chi connectivity index (χ0v) is 11.4. The highest BCUT2D eigenvalue weighted by Gasteiger charge is 2.16. The lowest BCUT2D eigenvalue weighted by atomic mass is 10.2. The fourth-order valence-corrected chi connectivity index (χ4v) is 2.44. The van der Waals surface area contributed by atoms with Crippen LogP contribution >= 0.6 is 11.6 Å². The first kappa shape index (κ1) is 14.7. The molecule has 0 radical (unpaired) electrons. The molecule has 0 aliphatic rings. The normalized spacial score (nSPS) is 11.1. The number of hydrogen-bond donors (Lipinski definition) is 2. The lowest BCUT2D eigenvalue weighted by Gasteiger charge is -2.11. The van der Waals surface area contributed by atoms with E-state index in [1.54, 1.807) is 13.8 Å². The van der Waals surface area contributed by atoms with Crippen molar-refractivity contribution in [1.29, 1.82) is 0 Å². The molecule has 1 rings (SSSR count). The second-order valence-corrected chi connectivity index (χ2v) is 5.43. The molecule has 3 N–H and O–H groups in total. The van der Waals surface area contributed by atoms with Gasteiger partial charge in [-0.3, -0.25) is 5.32 Å². The molecule has 100 valence electrons. The van der Waals surface area contributed by atoms with Gasteiger partial charge in [-0.2, -0.15) is 0 Å². The number of rotatable bonds is 3. The minimum atomic E-state index is -3.89. The molecule has 0 spiro atoms. The van der Waals surface area contributed by atoms with Crippen LogP contribution in [0.3, 0.4) is 0 Å². The Kier molecular flexibility index (Phi) is 4.55. The first-order valence-electron chi connectivity index (χ1n) is 5.02. The molecule has 0 bridgehead atoms. The Balaban J connectivity index is 3.12. The number of anilines is 1. The number of sulfonamides is 1. The number of aryl methyl sites for hydroxylation is 1. The summed E-state index contributed by atoms with van der Waals surface area (Å²) in [7, 11) is -3.89. The van der Waals surface area contributed by atoms with Gasteiger partial charge in [-0.15, -0.1) is 0 Å². The number of hydrogen-bond acceptors (Lipinski definition) is 4. The van der Waals surface area contributed by atoms with Gasteiger partial charge in [0.15, 0.2) is 0 Å². The molecule has 0 aromatic heterocycles. The summed E-state index contributed by atoms with van der Waals surface area (Å²) >= 11 is 5.80. The smallest absolute Gasteiger partial charge is 0.411 e. The zero-order chi connectivity index (χ0) is 13.9. The monoisotopic (exact) mass is 292 g/mol. The topological polar surface area (TPSA) is 98.5 Å². The highest BCUT2D eigenvalue weighted by molar-refractivity contribution is 7.89. The molecule has 0 saturated carbocycles. The van der Waals surface area contributed by atoms with Gasteiger partial charge in [-0.1, -0.05) is 11.6 Å². The third-order valence-corrected chi connectivity index (χ3v) is 3.47. The molecule has 1 amide bonds. The number of primary sulfonamides is 1. The van der Waals surface area contributed by atoms with Crippen LogP contribution in [0.25, 0.3) is 0 Å². The third kappa shape index (κ3) is 3.59. The summed E-state index contributed by atoms with van der Waals surface area (Å²) in [6.45, 7) is 3.52. The number of benzene rings is 1. The van der Waals surface area contributed by atoms with Crippen molar-refractivity contribution in [3.8, 4) is 0 Å². The number of nitrogens with two attached hydrogens (primary N) is 1. The predicted molar refractivity (Wildman–Crippen MR) is 68.2 cm³/mol. The Bertz CT molecular complexity index is 571. The average Bonchev–Trinajstić information content (AvgIpc) is 2.21. The van der Waals surface area contributed by atoms with Crippen molar-refractivity contribution in [2.24, 2.45) is 5.14 Å². The molecule has 1 aromatic rings. The quantitative estimate of drug-likeness (QED) is 0.888. The molecule has 18 heavy (non-hydrogen) atoms. The Morgan fingerprint density at radius 1 is 1.50 bits per heavy atom. The van der Waals surface area contributed by atoms with Crippen LogP contribution in [0.5, 0.6) is 0 Å². The van der Waals surface area contributed by atoms with Gasteiger partial charge in [0, 0.05) is 5.69 Å². The van der Waals surface area contributed by atoms with Crippen molar-refractivity contribution in [2.75, 3.05) is 11.9 Å². The summed E-state index contributed by atoms with van der Waals surface area (Å²) in [6, 6.07) is 2.60. The first-order chi connectivity index (χ1) is 8.25. The number of halogens is 1. The number of nitrogens with one attached hydrogen (secondary N) is 1. The molecular weight excluding hydrogens is 280 g/mol. The van der Waals surface area contributed by atoms with Crippen LogP contribution < -0.4 is 10.5 Å². The van der Waals surface area contributed by atoms with Crippen molar-refractivity contribution in [3.05, 3.63) is 22.7 Å². The van der Waals surface area contributed by atoms with Crippen LogP contribution in [-0.2, 0) is 14.8 Å². The summed E-state index contributed by atoms with van der Waals surface area (Å²) < 4.78 is 27.1. The fourth-order valence-electron chi connectivity index (χ4n) is 1.28. The second kappa shape index (κ2) is 5.55. The summed E-state index contributed by atoms with van der Waals surface area (Å²) in [5, 5.41) is 7.39. The third-order valence-electron chi connectivity index (χ3n) is 2.10. The molecule has 6 nitrogen and oxygen atoms in total. The van der Waals surface area contributed by atoms with E-state index in [2.05, 4.69) is 5.32 Å². The molecule has 8 heteroatoms. The highest BCUT2D eigenvalue weighted by Crippen LogP contribution is 2.27. The van der Waals surface area contributed by atoms with Gasteiger partial charge in [0.2, 0.25) is 10.0 Å². The molecule has 0 heterocycles. The molecule has 0 aliphatic heterocycles. The van der Waals surface area contributed by atoms with E-state index in [-0.39, 0.29) is 16.5 Å². The van der Waals surface area contributed by atoms with Gasteiger partial charge >= 0.3 is 6.09 Å². The van der Waals surface area contributed by atoms with Gasteiger partial charge in [-0.25, -0.2) is 18.4 Å². The van der Waals surface area contributed by atoms with Crippen molar-refractivity contribution in [1.82, 2.24) is 0 Å². The average molecular weight is 293 g/mol. The van der Waals surface area contributed by atoms with Crippen LogP contribution in [0, 0.1) is 6.92 Å². The summed E-state index contributed by atoms with van der Waals surface area (Å²) in [5.41, 5.74) is 0.877. The van der Waals surface area contributed by atoms with Crippen molar-refractivity contribution >= 4 is 33.4 Å². The van der Waals surface area contributed by atoms with Crippen LogP contribution in [0.2, 0.25) is 5.02 Å². The maximum absolute atomic E-state index is 11.2. The van der Waals surface area contributed by atoms with Crippen molar-refractivity contribution in [3.63, 3.8) is 0 Å². The minimum absolute atomic E-state index is 0.0603. The molecule has 0 atom stereocenters. The Morgan fingerprint density at radius 3 is 2.61 bits per heavy atom. The van der Waals surface area contributed by atoms with E-state index in [4.69, 9.17) is 21.5 Å². The lowest BCUT2D eigenvalue weighted by Crippen LogP contribution is -2.16. The van der Waals surface area contributed by atoms with E-state index in [0.29, 0.717) is 11.3 Å². The van der Waals surface area contributed by atoms with Crippen LogP contribution in [0.1, 0.15) is 12.5 Å². The van der Waals surface area contributed by atoms with Crippen LogP contribution in [0.4, 0.5) is 10.5 Å². The van der Waals surface area contributed by atoms with E-state index in [0.717, 1.165) is 0 Å². The summed E-state index contributed by atoms with van der Waals surface area (Å²) in [6.07, 6.45) is -0.639. The largest absolute Gasteiger partial charge is 0.450 e. The summed E-state index contributed by atoms with van der Waals surface area (Å²) in [4.78, 5) is 11.1. The molecular formula is C10H13ClN2O4S. The SMILES string of the molecule is CCOC(=O)Nc1cc(Cl)c(S(N)(=O)=O)cc1C. The molecule has 0 aliphatic carbocycles. The van der Waals surface area contributed by atoms with E-state index < -0.39 is 16.1 Å². The van der Waals surface area contributed by atoms with Crippen LogP contribution in [0.15, 0.2) is 17.0 Å². The zero-order valence-electron chi connectivity index (χ0n) is 9.86.